The quantitative estimate of drug-likeness (QED) is 0.789. The van der Waals surface area contributed by atoms with E-state index in [-0.39, 0.29) is 5.95 Å². The van der Waals surface area contributed by atoms with Crippen LogP contribution in [0.3, 0.4) is 0 Å². The number of aryl methyl sites for hydroxylation is 1. The highest BCUT2D eigenvalue weighted by Gasteiger charge is 2.04. The molecule has 0 atom stereocenters. The van der Waals surface area contributed by atoms with Crippen LogP contribution in [-0.2, 0) is 0 Å². The van der Waals surface area contributed by atoms with Crippen molar-refractivity contribution in [3.05, 3.63) is 29.3 Å². The van der Waals surface area contributed by atoms with Crippen LogP contribution in [0.5, 0.6) is 0 Å². The van der Waals surface area contributed by atoms with Crippen molar-refractivity contribution in [1.29, 1.82) is 0 Å². The number of nitrogens with zero attached hydrogens (tertiary/aromatic N) is 4. The largest absolute Gasteiger partial charge is 0.368 e. The number of rotatable bonds is 1. The Hall–Kier alpha value is -1.75. The number of hydrogen-bond donors (Lipinski definition) is 1. The molecule has 2 aromatic heterocycles. The molecule has 2 aromatic rings. The van der Waals surface area contributed by atoms with Crippen molar-refractivity contribution in [2.24, 2.45) is 0 Å². The lowest BCUT2D eigenvalue weighted by molar-refractivity contribution is 1.10. The summed E-state index contributed by atoms with van der Waals surface area (Å²) in [4.78, 5) is 16.0. The van der Waals surface area contributed by atoms with Crippen molar-refractivity contribution in [2.45, 2.75) is 6.92 Å². The van der Waals surface area contributed by atoms with Crippen LogP contribution >= 0.6 is 11.6 Å². The van der Waals surface area contributed by atoms with Gasteiger partial charge in [0.05, 0.1) is 18.1 Å². The van der Waals surface area contributed by atoms with E-state index < -0.39 is 0 Å². The van der Waals surface area contributed by atoms with E-state index >= 15 is 0 Å². The third-order valence-corrected chi connectivity index (χ3v) is 1.92. The van der Waals surface area contributed by atoms with Gasteiger partial charge in [0.25, 0.3) is 0 Å². The number of halogens is 1. The second-order valence-corrected chi connectivity index (χ2v) is 3.37. The van der Waals surface area contributed by atoms with Crippen molar-refractivity contribution in [2.75, 3.05) is 5.73 Å². The van der Waals surface area contributed by atoms with E-state index in [1.54, 1.807) is 12.3 Å². The van der Waals surface area contributed by atoms with Gasteiger partial charge in [-0.05, 0) is 13.0 Å². The predicted octanol–water partition coefficient (Wildman–Crippen LogP) is 1.48. The standard InChI is InChI=1S/C9H8ClN5/c1-5-2-6(15-9(11)13-5)7-3-12-4-8(10)14-7/h2-4H,1H3,(H2,11,13,15). The monoisotopic (exact) mass is 221 g/mol. The lowest BCUT2D eigenvalue weighted by Crippen LogP contribution is -1.99. The molecule has 2 rings (SSSR count). The molecule has 0 aliphatic heterocycles. The van der Waals surface area contributed by atoms with Crippen LogP contribution in [0.25, 0.3) is 11.4 Å². The van der Waals surface area contributed by atoms with Crippen molar-refractivity contribution >= 4 is 17.5 Å². The summed E-state index contributed by atoms with van der Waals surface area (Å²) < 4.78 is 0. The molecule has 0 amide bonds. The van der Waals surface area contributed by atoms with Gasteiger partial charge in [0.2, 0.25) is 5.95 Å². The van der Waals surface area contributed by atoms with Crippen molar-refractivity contribution in [3.63, 3.8) is 0 Å². The van der Waals surface area contributed by atoms with Crippen LogP contribution in [0.15, 0.2) is 18.5 Å². The second kappa shape index (κ2) is 3.78. The smallest absolute Gasteiger partial charge is 0.220 e. The van der Waals surface area contributed by atoms with Crippen LogP contribution in [0.4, 0.5) is 5.95 Å². The number of nitrogens with two attached hydrogens (primary N) is 1. The molecule has 76 valence electrons. The van der Waals surface area contributed by atoms with Gasteiger partial charge in [0.1, 0.15) is 10.8 Å². The summed E-state index contributed by atoms with van der Waals surface area (Å²) in [5.41, 5.74) is 7.51. The van der Waals surface area contributed by atoms with Crippen LogP contribution in [0.1, 0.15) is 5.69 Å². The van der Waals surface area contributed by atoms with E-state index in [1.165, 1.54) is 6.20 Å². The minimum Gasteiger partial charge on any atom is -0.368 e. The Kier molecular flexibility index (Phi) is 2.47. The Morgan fingerprint density at radius 1 is 1.13 bits per heavy atom. The zero-order valence-electron chi connectivity index (χ0n) is 7.98. The Balaban J connectivity index is 2.54. The number of anilines is 1. The van der Waals surface area contributed by atoms with Gasteiger partial charge in [-0.1, -0.05) is 11.6 Å². The second-order valence-electron chi connectivity index (χ2n) is 2.98. The Morgan fingerprint density at radius 2 is 1.93 bits per heavy atom. The Labute approximate surface area is 91.4 Å². The van der Waals surface area contributed by atoms with Crippen LogP contribution < -0.4 is 5.73 Å². The molecule has 0 saturated carbocycles. The van der Waals surface area contributed by atoms with Gasteiger partial charge in [-0.3, -0.25) is 4.98 Å². The van der Waals surface area contributed by atoms with Gasteiger partial charge in [-0.2, -0.15) is 0 Å². The average Bonchev–Trinajstić information content (AvgIpc) is 2.16. The summed E-state index contributed by atoms with van der Waals surface area (Å²) in [5, 5.41) is 0.322. The van der Waals surface area contributed by atoms with Crippen LogP contribution in [0.2, 0.25) is 5.15 Å². The molecule has 0 radical (unpaired) electrons. The zero-order valence-corrected chi connectivity index (χ0v) is 8.73. The fourth-order valence-corrected chi connectivity index (χ4v) is 1.34. The van der Waals surface area contributed by atoms with E-state index in [1.807, 2.05) is 6.92 Å². The van der Waals surface area contributed by atoms with Crippen LogP contribution in [-0.4, -0.2) is 19.9 Å². The first-order chi connectivity index (χ1) is 7.15. The SMILES string of the molecule is Cc1cc(-c2cncc(Cl)n2)nc(N)n1. The van der Waals surface area contributed by atoms with Gasteiger partial charge in [0.15, 0.2) is 0 Å². The fraction of sp³-hybridized carbons (Fsp3) is 0.111. The van der Waals surface area contributed by atoms with E-state index in [0.29, 0.717) is 16.5 Å². The summed E-state index contributed by atoms with van der Waals surface area (Å²) in [7, 11) is 0. The molecule has 2 N–H and O–H groups in total. The fourth-order valence-electron chi connectivity index (χ4n) is 1.19. The third-order valence-electron chi connectivity index (χ3n) is 1.74. The molecule has 15 heavy (non-hydrogen) atoms. The summed E-state index contributed by atoms with van der Waals surface area (Å²) in [6.07, 6.45) is 3.04. The maximum Gasteiger partial charge on any atom is 0.220 e. The molecule has 0 aliphatic carbocycles. The summed E-state index contributed by atoms with van der Waals surface area (Å²) in [6.45, 7) is 1.83. The van der Waals surface area contributed by atoms with E-state index in [4.69, 9.17) is 17.3 Å². The summed E-state index contributed by atoms with van der Waals surface area (Å²) >= 11 is 5.73. The van der Waals surface area contributed by atoms with E-state index in [2.05, 4.69) is 19.9 Å². The molecule has 2 heterocycles. The number of hydrogen-bond acceptors (Lipinski definition) is 5. The van der Waals surface area contributed by atoms with E-state index in [0.717, 1.165) is 5.69 Å². The summed E-state index contributed by atoms with van der Waals surface area (Å²) in [5.74, 6) is 0.215. The highest BCUT2D eigenvalue weighted by Crippen LogP contribution is 2.16. The van der Waals surface area contributed by atoms with Gasteiger partial charge in [-0.15, -0.1) is 0 Å². The zero-order chi connectivity index (χ0) is 10.8. The van der Waals surface area contributed by atoms with Crippen LogP contribution in [0, 0.1) is 6.92 Å². The van der Waals surface area contributed by atoms with Crippen molar-refractivity contribution in [1.82, 2.24) is 19.9 Å². The molecule has 5 nitrogen and oxygen atoms in total. The number of nitrogen functional groups attached to an aromatic ring is 1. The molecule has 0 aliphatic rings. The van der Waals surface area contributed by atoms with Gasteiger partial charge >= 0.3 is 0 Å². The Bertz CT molecular complexity index is 479. The Morgan fingerprint density at radius 3 is 2.60 bits per heavy atom. The molecule has 0 aromatic carbocycles. The van der Waals surface area contributed by atoms with Crippen molar-refractivity contribution < 1.29 is 0 Å². The van der Waals surface area contributed by atoms with Gasteiger partial charge in [-0.25, -0.2) is 15.0 Å². The predicted molar refractivity (Wildman–Crippen MR) is 57.2 cm³/mol. The lowest BCUT2D eigenvalue weighted by atomic mass is 10.3. The molecule has 0 fully saturated rings. The lowest BCUT2D eigenvalue weighted by Gasteiger charge is -2.02. The average molecular weight is 222 g/mol. The molecule has 0 unspecified atom stereocenters. The third kappa shape index (κ3) is 2.19. The van der Waals surface area contributed by atoms with Gasteiger partial charge in [0, 0.05) is 5.69 Å². The summed E-state index contributed by atoms with van der Waals surface area (Å²) in [6, 6.07) is 1.77. The molecule has 0 saturated heterocycles. The first-order valence-corrected chi connectivity index (χ1v) is 4.62. The maximum absolute atomic E-state index is 5.73. The minimum absolute atomic E-state index is 0.215. The normalized spacial score (nSPS) is 10.3. The highest BCUT2D eigenvalue weighted by molar-refractivity contribution is 6.29. The van der Waals surface area contributed by atoms with E-state index in [9.17, 15) is 0 Å². The topological polar surface area (TPSA) is 77.6 Å². The first-order valence-electron chi connectivity index (χ1n) is 4.24. The molecular formula is C9H8ClN5. The molecule has 6 heteroatoms. The molecule has 0 spiro atoms. The van der Waals surface area contributed by atoms with Crippen molar-refractivity contribution in [3.8, 4) is 11.4 Å². The molecular weight excluding hydrogens is 214 g/mol. The minimum atomic E-state index is 0.215. The first kappa shape index (κ1) is 9.79. The molecule has 0 bridgehead atoms. The highest BCUT2D eigenvalue weighted by atomic mass is 35.5. The maximum atomic E-state index is 5.73. The van der Waals surface area contributed by atoms with Gasteiger partial charge < -0.3 is 5.73 Å². The number of aromatic nitrogens is 4.